The quantitative estimate of drug-likeness (QED) is 0.692. The highest BCUT2D eigenvalue weighted by molar-refractivity contribution is 5.91. The van der Waals surface area contributed by atoms with Gasteiger partial charge in [0, 0.05) is 36.0 Å². The zero-order valence-electron chi connectivity index (χ0n) is 11.3. The first kappa shape index (κ1) is 11.5. The summed E-state index contributed by atoms with van der Waals surface area (Å²) < 4.78 is 2.34. The Balaban J connectivity index is 2.39. The van der Waals surface area contributed by atoms with Crippen molar-refractivity contribution >= 4 is 16.7 Å². The Morgan fingerprint density at radius 3 is 2.61 bits per heavy atom. The monoisotopic (exact) mass is 241 g/mol. The fourth-order valence-electron chi connectivity index (χ4n) is 3.14. The molecule has 3 rings (SSSR count). The van der Waals surface area contributed by atoms with Gasteiger partial charge in [-0.1, -0.05) is 39.0 Å². The maximum atomic E-state index is 11.8. The molecule has 0 saturated carbocycles. The average Bonchev–Trinajstić information content (AvgIpc) is 2.61. The van der Waals surface area contributed by atoms with Gasteiger partial charge in [-0.15, -0.1) is 0 Å². The lowest BCUT2D eigenvalue weighted by atomic mass is 9.83. The summed E-state index contributed by atoms with van der Waals surface area (Å²) in [6.45, 7) is 7.53. The zero-order chi connectivity index (χ0) is 12.9. The largest absolute Gasteiger partial charge is 0.343 e. The number of nitrogens with zero attached hydrogens (tertiary/aromatic N) is 1. The summed E-state index contributed by atoms with van der Waals surface area (Å²) in [6, 6.07) is 8.53. The molecule has 0 aliphatic carbocycles. The van der Waals surface area contributed by atoms with Crippen LogP contribution in [0.1, 0.15) is 38.4 Å². The van der Waals surface area contributed by atoms with Crippen molar-refractivity contribution in [2.24, 2.45) is 0 Å². The molecule has 2 nitrogen and oxygen atoms in total. The molecular formula is C16H19NO. The summed E-state index contributed by atoms with van der Waals surface area (Å²) in [5.74, 6) is 0.371. The molecule has 0 bridgehead atoms. The first-order chi connectivity index (χ1) is 8.48. The first-order valence-corrected chi connectivity index (χ1v) is 6.61. The first-order valence-electron chi connectivity index (χ1n) is 6.61. The van der Waals surface area contributed by atoms with Crippen LogP contribution in [0.3, 0.4) is 0 Å². The lowest BCUT2D eigenvalue weighted by molar-refractivity contribution is -0.119. The second-order valence-electron chi connectivity index (χ2n) is 6.21. The van der Waals surface area contributed by atoms with Crippen LogP contribution in [0.25, 0.3) is 10.9 Å². The lowest BCUT2D eigenvalue weighted by Crippen LogP contribution is -2.22. The average molecular weight is 241 g/mol. The van der Waals surface area contributed by atoms with Crippen molar-refractivity contribution in [2.45, 2.75) is 45.6 Å². The molecule has 0 saturated heterocycles. The van der Waals surface area contributed by atoms with E-state index in [-0.39, 0.29) is 5.41 Å². The van der Waals surface area contributed by atoms with Gasteiger partial charge >= 0.3 is 0 Å². The van der Waals surface area contributed by atoms with Crippen LogP contribution in [-0.2, 0) is 23.2 Å². The van der Waals surface area contributed by atoms with Gasteiger partial charge in [-0.05, 0) is 17.0 Å². The molecule has 1 aliphatic heterocycles. The van der Waals surface area contributed by atoms with Crippen LogP contribution in [0.4, 0.5) is 0 Å². The molecule has 2 heteroatoms. The van der Waals surface area contributed by atoms with Crippen LogP contribution < -0.4 is 0 Å². The van der Waals surface area contributed by atoms with Crippen molar-refractivity contribution in [3.8, 4) is 0 Å². The number of carbonyl (C=O) groups is 1. The Kier molecular flexibility index (Phi) is 2.37. The van der Waals surface area contributed by atoms with E-state index in [0.717, 1.165) is 6.54 Å². The Morgan fingerprint density at radius 1 is 1.17 bits per heavy atom. The maximum Gasteiger partial charge on any atom is 0.140 e. The highest BCUT2D eigenvalue weighted by atomic mass is 16.1. The second kappa shape index (κ2) is 3.71. The Bertz CT molecular complexity index is 628. The fraction of sp³-hybridized carbons (Fsp3) is 0.438. The molecule has 2 heterocycles. The number of fused-ring (bicyclic) bond motifs is 3. The van der Waals surface area contributed by atoms with E-state index in [1.807, 2.05) is 0 Å². The summed E-state index contributed by atoms with van der Waals surface area (Å²) >= 11 is 0. The fourth-order valence-corrected chi connectivity index (χ4v) is 3.14. The number of aryl methyl sites for hydroxylation is 1. The number of hydrogen-bond donors (Lipinski definition) is 0. The summed E-state index contributed by atoms with van der Waals surface area (Å²) in [7, 11) is 0. The number of carbonyl (C=O) groups excluding carboxylic acids is 1. The standard InChI is InChI=1S/C16H19NO/c1-16(2,3)15-12-6-4-5-7-13(12)17-9-8-11(18)10-14(15)17/h4-7H,8-10H2,1-3H3. The normalized spacial score (nSPS) is 16.1. The topological polar surface area (TPSA) is 22.0 Å². The molecule has 1 aromatic heterocycles. The number of rotatable bonds is 0. The van der Waals surface area contributed by atoms with Crippen molar-refractivity contribution in [3.05, 3.63) is 35.5 Å². The van der Waals surface area contributed by atoms with Gasteiger partial charge in [-0.3, -0.25) is 4.79 Å². The van der Waals surface area contributed by atoms with E-state index in [1.54, 1.807) is 0 Å². The van der Waals surface area contributed by atoms with E-state index in [2.05, 4.69) is 49.6 Å². The van der Waals surface area contributed by atoms with Crippen LogP contribution in [-0.4, -0.2) is 10.4 Å². The Hall–Kier alpha value is -1.57. The van der Waals surface area contributed by atoms with Crippen LogP contribution in [0, 0.1) is 0 Å². The third-order valence-electron chi connectivity index (χ3n) is 3.81. The number of para-hydroxylation sites is 1. The number of benzene rings is 1. The molecule has 0 amide bonds. The Morgan fingerprint density at radius 2 is 1.89 bits per heavy atom. The van der Waals surface area contributed by atoms with Gasteiger partial charge in [0.1, 0.15) is 5.78 Å². The van der Waals surface area contributed by atoms with E-state index < -0.39 is 0 Å². The Labute approximate surface area is 108 Å². The molecule has 94 valence electrons. The number of ketones is 1. The minimum atomic E-state index is 0.0812. The maximum absolute atomic E-state index is 11.8. The lowest BCUT2D eigenvalue weighted by Gasteiger charge is -2.23. The van der Waals surface area contributed by atoms with E-state index in [1.165, 1.54) is 22.2 Å². The predicted octanol–water partition coefficient (Wildman–Crippen LogP) is 3.45. The third-order valence-corrected chi connectivity index (χ3v) is 3.81. The molecule has 0 radical (unpaired) electrons. The highest BCUT2D eigenvalue weighted by Gasteiger charge is 2.29. The van der Waals surface area contributed by atoms with Gasteiger partial charge in [0.2, 0.25) is 0 Å². The van der Waals surface area contributed by atoms with Crippen molar-refractivity contribution in [1.29, 1.82) is 0 Å². The second-order valence-corrected chi connectivity index (χ2v) is 6.21. The van der Waals surface area contributed by atoms with Crippen LogP contribution in [0.5, 0.6) is 0 Å². The van der Waals surface area contributed by atoms with Gasteiger partial charge in [0.05, 0.1) is 0 Å². The van der Waals surface area contributed by atoms with Gasteiger partial charge in [-0.25, -0.2) is 0 Å². The van der Waals surface area contributed by atoms with E-state index in [0.29, 0.717) is 18.6 Å². The van der Waals surface area contributed by atoms with Crippen molar-refractivity contribution < 1.29 is 4.79 Å². The molecule has 2 aromatic rings. The summed E-state index contributed by atoms with van der Waals surface area (Å²) in [6.07, 6.45) is 1.27. The molecule has 0 atom stereocenters. The van der Waals surface area contributed by atoms with Crippen LogP contribution >= 0.6 is 0 Å². The number of Topliss-reactive ketones (excluding diaryl/α,β-unsaturated/α-hetero) is 1. The summed E-state index contributed by atoms with van der Waals surface area (Å²) in [5, 5.41) is 1.31. The van der Waals surface area contributed by atoms with Crippen LogP contribution in [0.15, 0.2) is 24.3 Å². The van der Waals surface area contributed by atoms with Crippen molar-refractivity contribution in [3.63, 3.8) is 0 Å². The number of hydrogen-bond acceptors (Lipinski definition) is 1. The zero-order valence-corrected chi connectivity index (χ0v) is 11.3. The number of aromatic nitrogens is 1. The SMILES string of the molecule is CC(C)(C)c1c2n(c3ccccc13)CCC(=O)C2. The molecule has 18 heavy (non-hydrogen) atoms. The van der Waals surface area contributed by atoms with E-state index >= 15 is 0 Å². The minimum absolute atomic E-state index is 0.0812. The molecule has 1 aromatic carbocycles. The molecule has 0 fully saturated rings. The molecule has 0 unspecified atom stereocenters. The van der Waals surface area contributed by atoms with Crippen LogP contribution in [0.2, 0.25) is 0 Å². The van der Waals surface area contributed by atoms with Gasteiger partial charge in [0.15, 0.2) is 0 Å². The molecule has 1 aliphatic rings. The highest BCUT2D eigenvalue weighted by Crippen LogP contribution is 2.37. The summed E-state index contributed by atoms with van der Waals surface area (Å²) in [4.78, 5) is 11.8. The predicted molar refractivity (Wildman–Crippen MR) is 74.0 cm³/mol. The smallest absolute Gasteiger partial charge is 0.140 e. The van der Waals surface area contributed by atoms with Crippen molar-refractivity contribution in [2.75, 3.05) is 0 Å². The molecule has 0 spiro atoms. The minimum Gasteiger partial charge on any atom is -0.343 e. The van der Waals surface area contributed by atoms with Gasteiger partial charge < -0.3 is 4.57 Å². The van der Waals surface area contributed by atoms with Gasteiger partial charge in [-0.2, -0.15) is 0 Å². The van der Waals surface area contributed by atoms with E-state index in [4.69, 9.17) is 0 Å². The summed E-state index contributed by atoms with van der Waals surface area (Å²) in [5.41, 5.74) is 3.95. The molecular weight excluding hydrogens is 222 g/mol. The third kappa shape index (κ3) is 1.59. The van der Waals surface area contributed by atoms with Gasteiger partial charge in [0.25, 0.3) is 0 Å². The molecule has 0 N–H and O–H groups in total. The van der Waals surface area contributed by atoms with E-state index in [9.17, 15) is 4.79 Å². The van der Waals surface area contributed by atoms with Crippen molar-refractivity contribution in [1.82, 2.24) is 4.57 Å².